The van der Waals surface area contributed by atoms with Gasteiger partial charge in [0.25, 0.3) is 5.91 Å². The van der Waals surface area contributed by atoms with E-state index in [0.29, 0.717) is 28.8 Å². The van der Waals surface area contributed by atoms with Crippen molar-refractivity contribution >= 4 is 46.2 Å². The van der Waals surface area contributed by atoms with Crippen molar-refractivity contribution in [3.05, 3.63) is 51.9 Å². The van der Waals surface area contributed by atoms with Crippen LogP contribution in [0.3, 0.4) is 0 Å². The Balaban J connectivity index is 1.92. The van der Waals surface area contributed by atoms with Gasteiger partial charge in [0, 0.05) is 6.54 Å². The Bertz CT molecular complexity index is 989. The maximum atomic E-state index is 13.0. The van der Waals surface area contributed by atoms with Gasteiger partial charge in [-0.1, -0.05) is 18.5 Å². The van der Waals surface area contributed by atoms with Crippen LogP contribution in [0.1, 0.15) is 25.8 Å². The molecule has 2 aromatic carbocycles. The molecule has 0 aromatic heterocycles. The Hall–Kier alpha value is -2.64. The Morgan fingerprint density at radius 3 is 2.60 bits per heavy atom. The lowest BCUT2D eigenvalue weighted by molar-refractivity contribution is -0.122. The summed E-state index contributed by atoms with van der Waals surface area (Å²) < 4.78 is 10.6. The second kappa shape index (κ2) is 9.91. The molecule has 1 fully saturated rings. The van der Waals surface area contributed by atoms with Gasteiger partial charge in [0.1, 0.15) is 5.75 Å². The second-order valence-electron chi connectivity index (χ2n) is 6.44. The first-order valence-electron chi connectivity index (χ1n) is 9.56. The zero-order valence-electron chi connectivity index (χ0n) is 17.0. The van der Waals surface area contributed by atoms with E-state index in [-0.39, 0.29) is 22.4 Å². The van der Waals surface area contributed by atoms with E-state index in [1.807, 2.05) is 38.1 Å². The van der Waals surface area contributed by atoms with E-state index in [0.717, 1.165) is 17.9 Å². The lowest BCUT2D eigenvalue weighted by atomic mass is 10.2. The molecular formula is C22H23ClN2O4S. The molecule has 158 valence electrons. The molecular weight excluding hydrogens is 424 g/mol. The molecule has 0 unspecified atom stereocenters. The van der Waals surface area contributed by atoms with Gasteiger partial charge >= 0.3 is 0 Å². The van der Waals surface area contributed by atoms with Gasteiger partial charge in [-0.15, -0.1) is 0 Å². The maximum absolute atomic E-state index is 13.0. The fourth-order valence-corrected chi connectivity index (χ4v) is 4.13. The van der Waals surface area contributed by atoms with Crippen molar-refractivity contribution in [2.75, 3.05) is 20.3 Å². The summed E-state index contributed by atoms with van der Waals surface area (Å²) in [5.41, 5.74) is 1.40. The minimum absolute atomic E-state index is 0.116. The number of halogens is 1. The van der Waals surface area contributed by atoms with Crippen LogP contribution < -0.4 is 9.47 Å². The van der Waals surface area contributed by atoms with Crippen molar-refractivity contribution in [1.82, 2.24) is 4.90 Å². The largest absolute Gasteiger partial charge is 0.503 e. The number of phenolic OH excluding ortho intramolecular Hbond substituents is 1. The van der Waals surface area contributed by atoms with Gasteiger partial charge in [-0.3, -0.25) is 9.69 Å². The van der Waals surface area contributed by atoms with E-state index in [1.165, 1.54) is 18.9 Å². The molecule has 0 bridgehead atoms. The van der Waals surface area contributed by atoms with Crippen molar-refractivity contribution < 1.29 is 19.4 Å². The van der Waals surface area contributed by atoms with Gasteiger partial charge in [-0.2, -0.15) is 0 Å². The van der Waals surface area contributed by atoms with Gasteiger partial charge in [0.05, 0.1) is 29.3 Å². The van der Waals surface area contributed by atoms with E-state index >= 15 is 0 Å². The standard InChI is InChI=1S/C22H23ClN2O4S/c1-4-10-25-21(27)19(13-14-11-17(23)20(26)18(12-14)28-3)30-22(25)24-15-6-8-16(9-7-15)29-5-2/h6-9,11-13,26H,4-5,10H2,1-3H3/b19-13+,24-22?. The zero-order chi connectivity index (χ0) is 21.7. The number of phenols is 1. The molecule has 1 amide bonds. The summed E-state index contributed by atoms with van der Waals surface area (Å²) >= 11 is 7.38. The van der Waals surface area contributed by atoms with Crippen LogP contribution in [-0.2, 0) is 4.79 Å². The van der Waals surface area contributed by atoms with Crippen LogP contribution in [0.15, 0.2) is 46.3 Å². The number of hydrogen-bond acceptors (Lipinski definition) is 6. The Labute approximate surface area is 185 Å². The summed E-state index contributed by atoms with van der Waals surface area (Å²) in [6.07, 6.45) is 2.53. The fourth-order valence-electron chi connectivity index (χ4n) is 2.89. The summed E-state index contributed by atoms with van der Waals surface area (Å²) in [4.78, 5) is 19.8. The summed E-state index contributed by atoms with van der Waals surface area (Å²) in [5.74, 6) is 0.783. The second-order valence-corrected chi connectivity index (χ2v) is 7.86. The van der Waals surface area contributed by atoms with Crippen LogP contribution in [0.2, 0.25) is 5.02 Å². The van der Waals surface area contributed by atoms with Gasteiger partial charge < -0.3 is 14.6 Å². The number of rotatable bonds is 7. The zero-order valence-corrected chi connectivity index (χ0v) is 18.6. The first-order chi connectivity index (χ1) is 14.5. The molecule has 0 atom stereocenters. The smallest absolute Gasteiger partial charge is 0.266 e. The van der Waals surface area contributed by atoms with Gasteiger partial charge in [-0.05, 0) is 73.1 Å². The highest BCUT2D eigenvalue weighted by Crippen LogP contribution is 2.38. The average Bonchev–Trinajstić information content (AvgIpc) is 3.01. The van der Waals surface area contributed by atoms with E-state index in [2.05, 4.69) is 4.99 Å². The first-order valence-corrected chi connectivity index (χ1v) is 10.8. The Morgan fingerprint density at radius 1 is 1.23 bits per heavy atom. The highest BCUT2D eigenvalue weighted by molar-refractivity contribution is 8.18. The van der Waals surface area contributed by atoms with E-state index in [1.54, 1.807) is 23.1 Å². The summed E-state index contributed by atoms with van der Waals surface area (Å²) in [6, 6.07) is 10.7. The highest BCUT2D eigenvalue weighted by atomic mass is 35.5. The number of carbonyl (C=O) groups is 1. The number of amidine groups is 1. The molecule has 6 nitrogen and oxygen atoms in total. The molecule has 0 spiro atoms. The van der Waals surface area contributed by atoms with Gasteiger partial charge in [-0.25, -0.2) is 4.99 Å². The summed E-state index contributed by atoms with van der Waals surface area (Å²) in [6.45, 7) is 5.11. The van der Waals surface area contributed by atoms with Crippen molar-refractivity contribution in [3.63, 3.8) is 0 Å². The van der Waals surface area contributed by atoms with Crippen LogP contribution in [0.4, 0.5) is 5.69 Å². The molecule has 1 aliphatic heterocycles. The van der Waals surface area contributed by atoms with Crippen LogP contribution >= 0.6 is 23.4 Å². The molecule has 30 heavy (non-hydrogen) atoms. The number of carbonyl (C=O) groups excluding carboxylic acids is 1. The Kier molecular flexibility index (Phi) is 7.29. The molecule has 0 aliphatic carbocycles. The number of amides is 1. The molecule has 0 saturated carbocycles. The Morgan fingerprint density at radius 2 is 1.97 bits per heavy atom. The predicted octanol–water partition coefficient (Wildman–Crippen LogP) is 5.47. The van der Waals surface area contributed by atoms with Crippen molar-refractivity contribution in [2.45, 2.75) is 20.3 Å². The van der Waals surface area contributed by atoms with Crippen LogP contribution in [0.5, 0.6) is 17.2 Å². The number of methoxy groups -OCH3 is 1. The molecule has 2 aromatic rings. The van der Waals surface area contributed by atoms with Gasteiger partial charge in [0.2, 0.25) is 0 Å². The van der Waals surface area contributed by atoms with Crippen LogP contribution in [0, 0.1) is 0 Å². The number of aromatic hydroxyl groups is 1. The van der Waals surface area contributed by atoms with Gasteiger partial charge in [0.15, 0.2) is 16.7 Å². The SMILES string of the molecule is CCCN1C(=O)/C(=C\c2cc(Cl)c(O)c(OC)c2)SC1=Nc1ccc(OCC)cc1. The van der Waals surface area contributed by atoms with Crippen LogP contribution in [-0.4, -0.2) is 41.3 Å². The minimum atomic E-state index is -0.128. The third-order valence-corrected chi connectivity index (χ3v) is 5.57. The van der Waals surface area contributed by atoms with Crippen LogP contribution in [0.25, 0.3) is 6.08 Å². The summed E-state index contributed by atoms with van der Waals surface area (Å²) in [5, 5.41) is 10.7. The number of hydrogen-bond donors (Lipinski definition) is 1. The number of aliphatic imine (C=N–C) groups is 1. The quantitative estimate of drug-likeness (QED) is 0.571. The average molecular weight is 447 g/mol. The van der Waals surface area contributed by atoms with E-state index in [4.69, 9.17) is 21.1 Å². The van der Waals surface area contributed by atoms with Crippen molar-refractivity contribution in [2.24, 2.45) is 4.99 Å². The third kappa shape index (κ3) is 4.91. The van der Waals surface area contributed by atoms with E-state index in [9.17, 15) is 9.90 Å². The van der Waals surface area contributed by atoms with Crippen molar-refractivity contribution in [1.29, 1.82) is 0 Å². The maximum Gasteiger partial charge on any atom is 0.266 e. The number of nitrogens with zero attached hydrogens (tertiary/aromatic N) is 2. The highest BCUT2D eigenvalue weighted by Gasteiger charge is 2.32. The molecule has 1 aliphatic rings. The van der Waals surface area contributed by atoms with E-state index < -0.39 is 0 Å². The monoisotopic (exact) mass is 446 g/mol. The molecule has 1 heterocycles. The fraction of sp³-hybridized carbons (Fsp3) is 0.273. The lowest BCUT2D eigenvalue weighted by Gasteiger charge is -2.14. The summed E-state index contributed by atoms with van der Waals surface area (Å²) in [7, 11) is 1.45. The number of thioether (sulfide) groups is 1. The topological polar surface area (TPSA) is 71.4 Å². The predicted molar refractivity (Wildman–Crippen MR) is 122 cm³/mol. The van der Waals surface area contributed by atoms with Crippen molar-refractivity contribution in [3.8, 4) is 17.2 Å². The molecule has 3 rings (SSSR count). The molecule has 1 saturated heterocycles. The molecule has 8 heteroatoms. The first kappa shape index (κ1) is 22.1. The molecule has 0 radical (unpaired) electrons. The minimum Gasteiger partial charge on any atom is -0.503 e. The third-order valence-electron chi connectivity index (χ3n) is 4.28. The lowest BCUT2D eigenvalue weighted by Crippen LogP contribution is -2.29. The number of benzene rings is 2. The normalized spacial score (nSPS) is 16.5. The molecule has 1 N–H and O–H groups in total. The number of ether oxygens (including phenoxy) is 2.